The van der Waals surface area contributed by atoms with Gasteiger partial charge < -0.3 is 49.4 Å². The Kier molecular flexibility index (Phi) is 14.4. The van der Waals surface area contributed by atoms with Crippen molar-refractivity contribution in [3.8, 4) is 23.0 Å². The number of aliphatic hydroxyl groups is 2. The predicted octanol–water partition coefficient (Wildman–Crippen LogP) is 3.49. The van der Waals surface area contributed by atoms with Crippen molar-refractivity contribution in [3.05, 3.63) is 57.8 Å². The van der Waals surface area contributed by atoms with E-state index in [1.54, 1.807) is 39.8 Å². The monoisotopic (exact) mass is 837 g/mol. The second-order valence-electron chi connectivity index (χ2n) is 16.4. The van der Waals surface area contributed by atoms with Gasteiger partial charge in [0.15, 0.2) is 5.75 Å². The van der Waals surface area contributed by atoms with Gasteiger partial charge in [-0.25, -0.2) is 4.99 Å². The predicted molar refractivity (Wildman–Crippen MR) is 220 cm³/mol. The second kappa shape index (κ2) is 18.7. The molecule has 6 N–H and O–H groups in total. The number of aliphatic hydroxyl groups excluding tert-OH is 2. The highest BCUT2D eigenvalue weighted by Crippen LogP contribution is 2.50. The molecule has 2 aromatic carbocycles. The van der Waals surface area contributed by atoms with Gasteiger partial charge in [0, 0.05) is 73.9 Å². The van der Waals surface area contributed by atoms with E-state index in [4.69, 9.17) is 18.9 Å². The van der Waals surface area contributed by atoms with Crippen molar-refractivity contribution in [2.45, 2.75) is 98.4 Å². The van der Waals surface area contributed by atoms with Crippen LogP contribution in [0.15, 0.2) is 41.1 Å². The van der Waals surface area contributed by atoms with Crippen LogP contribution in [0.5, 0.6) is 23.0 Å². The topological polar surface area (TPSA) is 228 Å². The standard InChI is InChI=1S/C44H59N3O13/c1-22-13-12-14-23(2)43(55)45-34-29(21-47(56)19-18-46-16-10-11-17-46)38(52)31-32(39(34)53)37(51)27(6)41-33(31)42(54)44(8,60-41)58-20-15-30(57-9)24(3)40(59-28(7)48)26(5)36(50)25(4)35(22)49/h12-15,20-22,24-26,30,35-36,40,49-53,56H,10-11,16-19H2,1-9H3/b13-12-,20-15-,23-14-,29-21-,45-34?. The fourth-order valence-corrected chi connectivity index (χ4v) is 8.28. The van der Waals surface area contributed by atoms with E-state index >= 15 is 0 Å². The number of hydrogen-bond acceptors (Lipinski definition) is 15. The van der Waals surface area contributed by atoms with Crippen LogP contribution >= 0.6 is 0 Å². The smallest absolute Gasteiger partial charge is 0.312 e. The van der Waals surface area contributed by atoms with Gasteiger partial charge in [-0.15, -0.1) is 0 Å². The Morgan fingerprint density at radius 2 is 1.65 bits per heavy atom. The molecule has 9 atom stereocenters. The zero-order chi connectivity index (χ0) is 44.4. The van der Waals surface area contributed by atoms with Crippen molar-refractivity contribution in [2.75, 3.05) is 33.3 Å². The normalized spacial score (nSPS) is 31.7. The number of Topliss-reactive ketones (excluding diaryl/α,β-unsaturated/α-hetero) is 1. The van der Waals surface area contributed by atoms with E-state index in [-0.39, 0.29) is 45.0 Å². The molecule has 0 spiro atoms. The lowest BCUT2D eigenvalue weighted by Gasteiger charge is -2.38. The Labute approximate surface area is 349 Å². The maximum atomic E-state index is 14.4. The summed E-state index contributed by atoms with van der Waals surface area (Å²) in [4.78, 5) is 46.8. The highest BCUT2D eigenvalue weighted by Gasteiger charge is 2.49. The van der Waals surface area contributed by atoms with Crippen LogP contribution in [-0.2, 0) is 23.8 Å². The lowest BCUT2D eigenvalue weighted by atomic mass is 9.78. The van der Waals surface area contributed by atoms with E-state index in [1.165, 1.54) is 53.2 Å². The molecule has 0 saturated carbocycles. The molecular weight excluding hydrogens is 778 g/mol. The number of likely N-dealkylation sites (tertiary alicyclic amines) is 1. The van der Waals surface area contributed by atoms with E-state index in [2.05, 4.69) is 9.89 Å². The zero-order valence-corrected chi connectivity index (χ0v) is 35.7. The number of allylic oxidation sites excluding steroid dienone is 2. The van der Waals surface area contributed by atoms with Gasteiger partial charge in [0.2, 0.25) is 0 Å². The minimum absolute atomic E-state index is 0.0117. The number of benzene rings is 2. The number of carbonyl (C=O) groups is 3. The number of hydrogen-bond donors (Lipinski definition) is 6. The summed E-state index contributed by atoms with van der Waals surface area (Å²) >= 11 is 0. The molecule has 1 fully saturated rings. The third-order valence-corrected chi connectivity index (χ3v) is 12.1. The highest BCUT2D eigenvalue weighted by molar-refractivity contribution is 6.20. The summed E-state index contributed by atoms with van der Waals surface area (Å²) in [5, 5.41) is 68.7. The fourth-order valence-electron chi connectivity index (χ4n) is 8.28. The molecule has 0 aliphatic carbocycles. The van der Waals surface area contributed by atoms with E-state index in [0.29, 0.717) is 6.54 Å². The molecule has 9 unspecified atom stereocenters. The number of aromatic hydroxyl groups is 3. The Hall–Kier alpha value is -5.00. The minimum atomic E-state index is -2.08. The molecular formula is C44H59N3O13. The van der Waals surface area contributed by atoms with Gasteiger partial charge >= 0.3 is 11.8 Å². The molecule has 5 bridgehead atoms. The molecule has 4 heterocycles. The van der Waals surface area contributed by atoms with Crippen molar-refractivity contribution in [3.63, 3.8) is 0 Å². The average molecular weight is 838 g/mol. The Balaban J connectivity index is 1.74. The van der Waals surface area contributed by atoms with Gasteiger partial charge in [-0.1, -0.05) is 45.9 Å². The third-order valence-electron chi connectivity index (χ3n) is 12.1. The summed E-state index contributed by atoms with van der Waals surface area (Å²) in [6.07, 6.45) is 6.46. The summed E-state index contributed by atoms with van der Waals surface area (Å²) in [6, 6.07) is 0. The third kappa shape index (κ3) is 9.17. The Morgan fingerprint density at radius 1 is 0.983 bits per heavy atom. The van der Waals surface area contributed by atoms with Crippen molar-refractivity contribution < 1.29 is 64.1 Å². The van der Waals surface area contributed by atoms with E-state index in [9.17, 15) is 45.1 Å². The van der Waals surface area contributed by atoms with Crippen molar-refractivity contribution >= 4 is 34.6 Å². The number of ether oxygens (including phenoxy) is 4. The molecule has 0 aromatic heterocycles. The molecule has 16 nitrogen and oxygen atoms in total. The first-order valence-electron chi connectivity index (χ1n) is 20.3. The summed E-state index contributed by atoms with van der Waals surface area (Å²) in [5.41, 5.74) is -0.153. The van der Waals surface area contributed by atoms with Gasteiger partial charge in [-0.3, -0.25) is 24.7 Å². The largest absolute Gasteiger partial charge is 0.507 e. The van der Waals surface area contributed by atoms with Gasteiger partial charge in [0.1, 0.15) is 28.7 Å². The average Bonchev–Trinajstić information content (AvgIpc) is 3.83. The molecule has 2 aromatic rings. The Bertz CT molecular complexity index is 2200. The first kappa shape index (κ1) is 46.1. The van der Waals surface area contributed by atoms with Crippen LogP contribution in [0, 0.1) is 30.6 Å². The number of nitrogens with zero attached hydrogens (tertiary/aromatic N) is 3. The van der Waals surface area contributed by atoms with Crippen LogP contribution in [0.1, 0.15) is 77.2 Å². The summed E-state index contributed by atoms with van der Waals surface area (Å²) in [5.74, 6) is -9.05. The molecule has 1 amide bonds. The van der Waals surface area contributed by atoms with Crippen LogP contribution < -0.4 is 15.3 Å². The number of methoxy groups -OCH3 is 1. The number of rotatable bonds is 6. The SMILES string of the molecule is COC1/C=C\OC2(C)Oc3c(C)c(O)c4c(O)c(/c(=C/N(O)CCN5CCCC5)c(O)c4c3C2=O)=NC(=O)/C(C)=C\C=C/C(C)C(O)C(C)C(O)C(C)C(OC(C)=O)C1C. The maximum Gasteiger partial charge on any atom is 0.312 e. The van der Waals surface area contributed by atoms with Crippen LogP contribution in [-0.4, -0.2) is 122 Å². The molecule has 4 aliphatic rings. The number of amides is 1. The van der Waals surface area contributed by atoms with E-state index in [1.807, 2.05) is 0 Å². The summed E-state index contributed by atoms with van der Waals surface area (Å²) in [6.45, 7) is 14.6. The van der Waals surface area contributed by atoms with Crippen LogP contribution in [0.25, 0.3) is 17.0 Å². The number of phenolic OH excluding ortho intramolecular Hbond substituents is 3. The molecule has 1 saturated heterocycles. The van der Waals surface area contributed by atoms with Crippen molar-refractivity contribution in [1.29, 1.82) is 0 Å². The summed E-state index contributed by atoms with van der Waals surface area (Å²) < 4.78 is 23.5. The number of esters is 1. The first-order chi connectivity index (χ1) is 28.2. The number of hydroxylamine groups is 2. The van der Waals surface area contributed by atoms with Crippen molar-refractivity contribution in [1.82, 2.24) is 9.96 Å². The van der Waals surface area contributed by atoms with Gasteiger partial charge in [0.05, 0.1) is 47.3 Å². The maximum absolute atomic E-state index is 14.4. The highest BCUT2D eigenvalue weighted by atomic mass is 16.7. The number of phenols is 3. The van der Waals surface area contributed by atoms with Gasteiger partial charge in [-0.2, -0.15) is 0 Å². The molecule has 4 aliphatic heterocycles. The molecule has 328 valence electrons. The van der Waals surface area contributed by atoms with Gasteiger partial charge in [0.25, 0.3) is 11.7 Å². The first-order valence-corrected chi connectivity index (χ1v) is 20.3. The fraction of sp³-hybridized carbons (Fsp3) is 0.545. The van der Waals surface area contributed by atoms with E-state index < -0.39 is 94.1 Å². The van der Waals surface area contributed by atoms with Crippen LogP contribution in [0.4, 0.5) is 0 Å². The lowest BCUT2D eigenvalue weighted by Crippen LogP contribution is -2.46. The molecule has 60 heavy (non-hydrogen) atoms. The number of ketones is 1. The molecule has 6 rings (SSSR count). The van der Waals surface area contributed by atoms with E-state index in [0.717, 1.165) is 37.2 Å². The van der Waals surface area contributed by atoms with Gasteiger partial charge in [-0.05, 0) is 45.9 Å². The van der Waals surface area contributed by atoms with Crippen molar-refractivity contribution in [2.24, 2.45) is 28.7 Å². The molecule has 16 heteroatoms. The minimum Gasteiger partial charge on any atom is -0.507 e. The second-order valence-corrected chi connectivity index (χ2v) is 16.4. The lowest BCUT2D eigenvalue weighted by molar-refractivity contribution is -0.160. The Morgan fingerprint density at radius 3 is 2.28 bits per heavy atom. The quantitative estimate of drug-likeness (QED) is 0.139. The number of carbonyl (C=O) groups excluding carboxylic acids is 3. The number of fused-ring (bicyclic) bond motifs is 14. The van der Waals surface area contributed by atoms with Crippen LogP contribution in [0.2, 0.25) is 0 Å². The summed E-state index contributed by atoms with van der Waals surface area (Å²) in [7, 11) is 1.42. The zero-order valence-electron chi connectivity index (χ0n) is 35.7. The molecule has 0 radical (unpaired) electrons. The van der Waals surface area contributed by atoms with Crippen LogP contribution in [0.3, 0.4) is 0 Å².